The maximum Gasteiger partial charge on any atom is 0.302 e. The van der Waals surface area contributed by atoms with Gasteiger partial charge < -0.3 is 43.8 Å². The molecule has 2 unspecified atom stereocenters. The normalized spacial score (nSPS) is 58.9. The molecule has 0 aromatic rings. The topological polar surface area (TPSA) is 127 Å². The number of piperidine rings is 1. The molecule has 0 radical (unpaired) electrons. The quantitative estimate of drug-likeness (QED) is 0.283. The van der Waals surface area contributed by atoms with Crippen LogP contribution in [0.25, 0.3) is 0 Å². The van der Waals surface area contributed by atoms with Crippen molar-refractivity contribution in [2.24, 2.45) is 34.5 Å². The molecule has 2 N–H and O–H groups in total. The second kappa shape index (κ2) is 8.10. The molecule has 0 aromatic heterocycles. The van der Waals surface area contributed by atoms with E-state index in [1.807, 2.05) is 6.92 Å². The Morgan fingerprint density at radius 1 is 1.11 bits per heavy atom. The average Bonchev–Trinajstić information content (AvgIpc) is 3.30. The van der Waals surface area contributed by atoms with Crippen LogP contribution in [-0.2, 0) is 28.5 Å². The lowest BCUT2D eigenvalue weighted by Gasteiger charge is -2.73. The number of methoxy groups -OCH3 is 4. The highest BCUT2D eigenvalue weighted by Gasteiger charge is 2.94. The molecule has 7 bridgehead atoms. The smallest absolute Gasteiger partial charge is 0.302 e. The molecule has 1 saturated heterocycles. The molecule has 5 aliphatic carbocycles. The number of esters is 1. The van der Waals surface area contributed by atoms with Crippen LogP contribution in [0.15, 0.2) is 0 Å². The third-order valence-corrected chi connectivity index (χ3v) is 12.2. The number of ether oxygens (including phenoxy) is 5. The van der Waals surface area contributed by atoms with Gasteiger partial charge in [0.05, 0.1) is 48.3 Å². The molecular weight excluding hydrogens is 482 g/mol. The van der Waals surface area contributed by atoms with Crippen LogP contribution in [0, 0.1) is 39.7 Å². The Bertz CT molecular complexity index is 966. The van der Waals surface area contributed by atoms with Gasteiger partial charge in [0.25, 0.3) is 0 Å². The van der Waals surface area contributed by atoms with Crippen molar-refractivity contribution in [1.82, 2.24) is 0 Å². The first kappa shape index (κ1) is 26.4. The standard InChI is InChI=1S/C27H43NO9/c1-7-28(32)12-24(13-37-14(2)29)9-8-18(34-4)26-16-10-15-17(33-3)11-25(30,19(16)20(15)35-5)27(31,23(26)28)22(36-6)21(24)26/h15-23,30-31H,7-13H2,1-6H3/t15-,16-,17+,18+,19-,20+,21-,22+,23?,24+,25-,26+,27-,28?/m1/s1. The van der Waals surface area contributed by atoms with Crippen molar-refractivity contribution in [2.45, 2.75) is 81.2 Å². The van der Waals surface area contributed by atoms with E-state index in [2.05, 4.69) is 0 Å². The highest BCUT2D eigenvalue weighted by atomic mass is 16.6. The summed E-state index contributed by atoms with van der Waals surface area (Å²) in [6, 6.07) is -0.853. The van der Waals surface area contributed by atoms with E-state index in [1.165, 1.54) is 6.92 Å². The minimum absolute atomic E-state index is 0.0294. The van der Waals surface area contributed by atoms with Crippen LogP contribution in [0.5, 0.6) is 0 Å². The summed E-state index contributed by atoms with van der Waals surface area (Å²) in [6.07, 6.45) is 0.409. The fourth-order valence-corrected chi connectivity index (χ4v) is 11.5. The lowest BCUT2D eigenvalue weighted by atomic mass is 9.42. The van der Waals surface area contributed by atoms with Gasteiger partial charge >= 0.3 is 5.97 Å². The monoisotopic (exact) mass is 525 g/mol. The van der Waals surface area contributed by atoms with Gasteiger partial charge in [-0.1, -0.05) is 0 Å². The fraction of sp³-hybridized carbons (Fsp3) is 0.963. The third kappa shape index (κ3) is 2.68. The molecule has 5 saturated carbocycles. The summed E-state index contributed by atoms with van der Waals surface area (Å²) in [5, 5.41) is 41.1. The van der Waals surface area contributed by atoms with Crippen molar-refractivity contribution < 1.29 is 43.3 Å². The zero-order valence-corrected chi connectivity index (χ0v) is 22.8. The molecule has 0 amide bonds. The molecule has 10 heteroatoms. The molecule has 14 atom stereocenters. The van der Waals surface area contributed by atoms with Crippen LogP contribution in [0.4, 0.5) is 0 Å². The highest BCUT2D eigenvalue weighted by molar-refractivity contribution is 5.66. The molecule has 1 heterocycles. The summed E-state index contributed by atoms with van der Waals surface area (Å²) < 4.78 is 29.5. The number of hydrogen-bond donors (Lipinski definition) is 2. The minimum atomic E-state index is -1.87. The van der Waals surface area contributed by atoms with Crippen molar-refractivity contribution in [3.63, 3.8) is 0 Å². The van der Waals surface area contributed by atoms with Gasteiger partial charge in [0.15, 0.2) is 5.60 Å². The highest BCUT2D eigenvalue weighted by Crippen LogP contribution is 2.81. The lowest BCUT2D eigenvalue weighted by molar-refractivity contribution is -0.936. The maximum absolute atomic E-state index is 15.1. The summed E-state index contributed by atoms with van der Waals surface area (Å²) in [7, 11) is 6.54. The third-order valence-electron chi connectivity index (χ3n) is 12.2. The summed E-state index contributed by atoms with van der Waals surface area (Å²) >= 11 is 0. The number of quaternary nitrogens is 1. The summed E-state index contributed by atoms with van der Waals surface area (Å²) in [5.74, 6) is -1.25. The van der Waals surface area contributed by atoms with Crippen LogP contribution >= 0.6 is 0 Å². The van der Waals surface area contributed by atoms with Gasteiger partial charge in [-0.05, 0) is 32.1 Å². The second-order valence-corrected chi connectivity index (χ2v) is 12.8. The van der Waals surface area contributed by atoms with Crippen LogP contribution in [-0.4, -0.2) is 111 Å². The van der Waals surface area contributed by atoms with Crippen molar-refractivity contribution in [3.8, 4) is 0 Å². The zero-order valence-electron chi connectivity index (χ0n) is 22.8. The van der Waals surface area contributed by atoms with E-state index in [9.17, 15) is 15.0 Å². The largest absolute Gasteiger partial charge is 0.632 e. The van der Waals surface area contributed by atoms with Gasteiger partial charge in [0.1, 0.15) is 18.2 Å². The Morgan fingerprint density at radius 2 is 1.84 bits per heavy atom. The van der Waals surface area contributed by atoms with Crippen LogP contribution in [0.2, 0.25) is 0 Å². The lowest BCUT2D eigenvalue weighted by Crippen LogP contribution is -2.85. The summed E-state index contributed by atoms with van der Waals surface area (Å²) in [4.78, 5) is 12.0. The number of carbonyl (C=O) groups is 1. The fourth-order valence-electron chi connectivity index (χ4n) is 11.5. The number of aliphatic hydroxyl groups is 2. The maximum atomic E-state index is 15.1. The molecule has 10 nitrogen and oxygen atoms in total. The van der Waals surface area contributed by atoms with Gasteiger partial charge in [-0.15, -0.1) is 0 Å². The number of fused-ring (bicyclic) bond motifs is 2. The Labute approximate surface area is 218 Å². The molecule has 0 aromatic carbocycles. The van der Waals surface area contributed by atoms with Crippen molar-refractivity contribution in [2.75, 3.05) is 48.1 Å². The Morgan fingerprint density at radius 3 is 2.41 bits per heavy atom. The molecule has 6 rings (SSSR count). The van der Waals surface area contributed by atoms with E-state index in [1.54, 1.807) is 28.4 Å². The molecule has 1 aliphatic heterocycles. The average molecular weight is 526 g/mol. The van der Waals surface area contributed by atoms with E-state index in [-0.39, 0.29) is 62.2 Å². The molecule has 1 spiro atoms. The van der Waals surface area contributed by atoms with Gasteiger partial charge in [-0.3, -0.25) is 4.79 Å². The number of likely N-dealkylation sites (N-methyl/N-ethyl adjacent to an activating group) is 1. The van der Waals surface area contributed by atoms with Crippen LogP contribution in [0.3, 0.4) is 0 Å². The molecule has 210 valence electrons. The van der Waals surface area contributed by atoms with Crippen LogP contribution < -0.4 is 0 Å². The van der Waals surface area contributed by atoms with Gasteiger partial charge in [-0.2, -0.15) is 0 Å². The van der Waals surface area contributed by atoms with Gasteiger partial charge in [0.2, 0.25) is 0 Å². The predicted octanol–water partition coefficient (Wildman–Crippen LogP) is 0.854. The molecule has 37 heavy (non-hydrogen) atoms. The van der Waals surface area contributed by atoms with E-state index in [4.69, 9.17) is 23.7 Å². The Hall–Kier alpha value is -0.850. The van der Waals surface area contributed by atoms with Crippen molar-refractivity contribution >= 4 is 5.97 Å². The van der Waals surface area contributed by atoms with Crippen molar-refractivity contribution in [1.29, 1.82) is 0 Å². The summed E-state index contributed by atoms with van der Waals surface area (Å²) in [5.41, 5.74) is -5.02. The van der Waals surface area contributed by atoms with E-state index < -0.39 is 50.7 Å². The van der Waals surface area contributed by atoms with Gasteiger partial charge in [0, 0.05) is 59.5 Å². The SMILES string of the molecule is CC[N+]1([O-])C[C@]2(COC(C)=O)CC[C@H](OC)[C@]34C1[C@](O)([C@@H](OC)[C@H]23)[C@@]1(O)C[C@H](OC)[C@H]2C[C@@H]4[C@@H]1[C@H]2OC. The molecular formula is C27H43NO9. The van der Waals surface area contributed by atoms with Crippen molar-refractivity contribution in [3.05, 3.63) is 5.21 Å². The Balaban J connectivity index is 1.68. The predicted molar refractivity (Wildman–Crippen MR) is 130 cm³/mol. The van der Waals surface area contributed by atoms with Gasteiger partial charge in [-0.25, -0.2) is 0 Å². The first-order valence-corrected chi connectivity index (χ1v) is 13.8. The molecule has 6 fully saturated rings. The Kier molecular flexibility index (Phi) is 5.77. The number of rotatable bonds is 7. The zero-order chi connectivity index (χ0) is 26.8. The number of hydroxylamine groups is 3. The number of hydrogen-bond acceptors (Lipinski definition) is 9. The van der Waals surface area contributed by atoms with E-state index >= 15 is 5.21 Å². The first-order chi connectivity index (χ1) is 17.5. The minimum Gasteiger partial charge on any atom is -0.632 e. The number of likely N-dealkylation sites (tertiary alicyclic amines) is 1. The first-order valence-electron chi connectivity index (χ1n) is 13.8. The van der Waals surface area contributed by atoms with E-state index in [0.717, 1.165) is 0 Å². The molecule has 6 aliphatic rings. The summed E-state index contributed by atoms with van der Waals surface area (Å²) in [6.45, 7) is 3.74. The number of carbonyl (C=O) groups excluding carboxylic acids is 1. The van der Waals surface area contributed by atoms with Crippen LogP contribution in [0.1, 0.15) is 39.5 Å². The number of nitrogens with zero attached hydrogens (tertiary/aromatic N) is 1. The van der Waals surface area contributed by atoms with E-state index in [0.29, 0.717) is 19.3 Å². The second-order valence-electron chi connectivity index (χ2n) is 12.8.